The summed E-state index contributed by atoms with van der Waals surface area (Å²) >= 11 is 11.6. The van der Waals surface area contributed by atoms with Gasteiger partial charge in [-0.2, -0.15) is 0 Å². The van der Waals surface area contributed by atoms with E-state index in [0.29, 0.717) is 17.4 Å². The van der Waals surface area contributed by atoms with Crippen LogP contribution in [0.3, 0.4) is 0 Å². The van der Waals surface area contributed by atoms with E-state index in [1.54, 1.807) is 12.1 Å². The van der Waals surface area contributed by atoms with Crippen LogP contribution in [-0.4, -0.2) is 16.9 Å². The number of amides is 1. The molecule has 3 nitrogen and oxygen atoms in total. The van der Waals surface area contributed by atoms with Crippen molar-refractivity contribution in [1.82, 2.24) is 10.3 Å². The van der Waals surface area contributed by atoms with E-state index in [9.17, 15) is 4.79 Å². The van der Waals surface area contributed by atoms with Crippen LogP contribution >= 0.6 is 23.2 Å². The molecule has 0 aromatic carbocycles. The highest BCUT2D eigenvalue weighted by Gasteiger charge is 2.28. The topological polar surface area (TPSA) is 42.0 Å². The highest BCUT2D eigenvalue weighted by Crippen LogP contribution is 2.29. The third-order valence-corrected chi connectivity index (χ3v) is 4.44. The molecule has 1 aliphatic rings. The fourth-order valence-electron chi connectivity index (χ4n) is 2.63. The summed E-state index contributed by atoms with van der Waals surface area (Å²) in [6.07, 6.45) is 3.43. The Kier molecular flexibility index (Phi) is 4.69. The van der Waals surface area contributed by atoms with Crippen molar-refractivity contribution in [2.75, 3.05) is 0 Å². The summed E-state index contributed by atoms with van der Waals surface area (Å²) in [4.78, 5) is 16.1. The molecule has 5 heteroatoms. The minimum atomic E-state index is -0.128. The number of pyridine rings is 1. The Bertz CT molecular complexity index is 458. The average Bonchev–Trinajstić information content (AvgIpc) is 2.33. The van der Waals surface area contributed by atoms with Crippen LogP contribution < -0.4 is 5.32 Å². The number of rotatable bonds is 2. The first-order valence-corrected chi connectivity index (χ1v) is 7.37. The van der Waals surface area contributed by atoms with Gasteiger partial charge >= 0.3 is 0 Å². The first-order valence-electron chi connectivity index (χ1n) is 6.61. The Hall–Kier alpha value is -0.800. The van der Waals surface area contributed by atoms with Gasteiger partial charge < -0.3 is 5.32 Å². The SMILES string of the molecule is CC1CCCC(NC(=O)c2cc(Cl)nc(Cl)c2)C1C. The summed E-state index contributed by atoms with van der Waals surface area (Å²) in [6, 6.07) is 3.31. The standard InChI is InChI=1S/C14H18Cl2N2O/c1-8-4-3-5-11(9(8)2)17-14(19)10-6-12(15)18-13(16)7-10/h6-9,11H,3-5H2,1-2H3,(H,17,19). The average molecular weight is 301 g/mol. The maximum atomic E-state index is 12.2. The normalized spacial score (nSPS) is 27.1. The van der Waals surface area contributed by atoms with Gasteiger partial charge in [0.1, 0.15) is 10.3 Å². The van der Waals surface area contributed by atoms with Gasteiger partial charge in [0, 0.05) is 11.6 Å². The Morgan fingerprint density at radius 1 is 1.26 bits per heavy atom. The monoisotopic (exact) mass is 300 g/mol. The Morgan fingerprint density at radius 3 is 2.53 bits per heavy atom. The molecule has 3 unspecified atom stereocenters. The van der Waals surface area contributed by atoms with Crippen LogP contribution in [0.5, 0.6) is 0 Å². The van der Waals surface area contributed by atoms with Crippen LogP contribution in [0.2, 0.25) is 10.3 Å². The molecule has 0 spiro atoms. The third kappa shape index (κ3) is 3.61. The van der Waals surface area contributed by atoms with Gasteiger partial charge in [-0.25, -0.2) is 4.98 Å². The molecule has 1 amide bonds. The van der Waals surface area contributed by atoms with E-state index in [0.717, 1.165) is 12.8 Å². The molecule has 1 heterocycles. The number of hydrogen-bond acceptors (Lipinski definition) is 2. The van der Waals surface area contributed by atoms with Gasteiger partial charge in [-0.1, -0.05) is 49.9 Å². The van der Waals surface area contributed by atoms with Crippen molar-refractivity contribution in [1.29, 1.82) is 0 Å². The summed E-state index contributed by atoms with van der Waals surface area (Å²) in [7, 11) is 0. The summed E-state index contributed by atoms with van der Waals surface area (Å²) < 4.78 is 0. The molecule has 2 rings (SSSR count). The van der Waals surface area contributed by atoms with Crippen LogP contribution in [-0.2, 0) is 0 Å². The van der Waals surface area contributed by atoms with Crippen LogP contribution in [0.4, 0.5) is 0 Å². The summed E-state index contributed by atoms with van der Waals surface area (Å²) in [5.41, 5.74) is 0.468. The second-order valence-electron chi connectivity index (χ2n) is 5.35. The van der Waals surface area contributed by atoms with E-state index in [2.05, 4.69) is 24.1 Å². The molecular weight excluding hydrogens is 283 g/mol. The third-order valence-electron chi connectivity index (χ3n) is 4.05. The van der Waals surface area contributed by atoms with Crippen molar-refractivity contribution in [3.8, 4) is 0 Å². The molecule has 1 saturated carbocycles. The molecule has 1 aromatic rings. The van der Waals surface area contributed by atoms with Crippen LogP contribution in [0, 0.1) is 11.8 Å². The smallest absolute Gasteiger partial charge is 0.251 e. The zero-order valence-electron chi connectivity index (χ0n) is 11.1. The molecule has 1 fully saturated rings. The van der Waals surface area contributed by atoms with E-state index in [4.69, 9.17) is 23.2 Å². The molecule has 104 valence electrons. The number of nitrogens with zero attached hydrogens (tertiary/aromatic N) is 1. The number of halogens is 2. The Balaban J connectivity index is 2.08. The molecule has 1 aliphatic carbocycles. The maximum absolute atomic E-state index is 12.2. The maximum Gasteiger partial charge on any atom is 0.251 e. The van der Waals surface area contributed by atoms with Gasteiger partial charge in [0.15, 0.2) is 0 Å². The number of hydrogen-bond donors (Lipinski definition) is 1. The Labute approximate surface area is 123 Å². The van der Waals surface area contributed by atoms with Crippen LogP contribution in [0.15, 0.2) is 12.1 Å². The zero-order chi connectivity index (χ0) is 14.0. The molecule has 1 aromatic heterocycles. The van der Waals surface area contributed by atoms with E-state index < -0.39 is 0 Å². The predicted molar refractivity (Wildman–Crippen MR) is 77.7 cm³/mol. The van der Waals surface area contributed by atoms with Crippen molar-refractivity contribution in [2.24, 2.45) is 11.8 Å². The number of carbonyl (C=O) groups is 1. The van der Waals surface area contributed by atoms with E-state index in [-0.39, 0.29) is 22.3 Å². The van der Waals surface area contributed by atoms with Gasteiger partial charge in [0.2, 0.25) is 0 Å². The number of nitrogens with one attached hydrogen (secondary N) is 1. The lowest BCUT2D eigenvalue weighted by Crippen LogP contribution is -2.43. The molecule has 1 N–H and O–H groups in total. The van der Waals surface area contributed by atoms with Crippen molar-refractivity contribution in [3.63, 3.8) is 0 Å². The molecule has 0 radical (unpaired) electrons. The summed E-state index contributed by atoms with van der Waals surface area (Å²) in [5, 5.41) is 3.56. The van der Waals surface area contributed by atoms with Crippen molar-refractivity contribution in [3.05, 3.63) is 28.0 Å². The van der Waals surface area contributed by atoms with Gasteiger partial charge in [-0.05, 0) is 30.4 Å². The number of aromatic nitrogens is 1. The van der Waals surface area contributed by atoms with Gasteiger partial charge in [0.05, 0.1) is 0 Å². The minimum Gasteiger partial charge on any atom is -0.349 e. The largest absolute Gasteiger partial charge is 0.349 e. The second kappa shape index (κ2) is 6.10. The van der Waals surface area contributed by atoms with Gasteiger partial charge in [-0.15, -0.1) is 0 Å². The molecule has 3 atom stereocenters. The quantitative estimate of drug-likeness (QED) is 0.841. The highest BCUT2D eigenvalue weighted by atomic mass is 35.5. The first-order chi connectivity index (χ1) is 8.97. The van der Waals surface area contributed by atoms with Crippen molar-refractivity contribution >= 4 is 29.1 Å². The molecule has 0 saturated heterocycles. The van der Waals surface area contributed by atoms with Gasteiger partial charge in [0.25, 0.3) is 5.91 Å². The van der Waals surface area contributed by atoms with E-state index in [1.807, 2.05) is 0 Å². The van der Waals surface area contributed by atoms with Crippen molar-refractivity contribution < 1.29 is 4.79 Å². The minimum absolute atomic E-state index is 0.128. The summed E-state index contributed by atoms with van der Waals surface area (Å²) in [6.45, 7) is 4.43. The molecule has 0 aliphatic heterocycles. The Morgan fingerprint density at radius 2 is 1.89 bits per heavy atom. The lowest BCUT2D eigenvalue weighted by Gasteiger charge is -2.34. The van der Waals surface area contributed by atoms with Crippen LogP contribution in [0.1, 0.15) is 43.5 Å². The van der Waals surface area contributed by atoms with Crippen molar-refractivity contribution in [2.45, 2.75) is 39.2 Å². The van der Waals surface area contributed by atoms with E-state index in [1.165, 1.54) is 6.42 Å². The molecule has 19 heavy (non-hydrogen) atoms. The summed E-state index contributed by atoms with van der Waals surface area (Å²) in [5.74, 6) is 1.01. The molecular formula is C14H18Cl2N2O. The molecule has 0 bridgehead atoms. The zero-order valence-corrected chi connectivity index (χ0v) is 12.6. The highest BCUT2D eigenvalue weighted by molar-refractivity contribution is 6.33. The second-order valence-corrected chi connectivity index (χ2v) is 6.12. The van der Waals surface area contributed by atoms with Crippen LogP contribution in [0.25, 0.3) is 0 Å². The lowest BCUT2D eigenvalue weighted by molar-refractivity contribution is 0.0891. The predicted octanol–water partition coefficient (Wildman–Crippen LogP) is 3.94. The first kappa shape index (κ1) is 14.6. The number of carbonyl (C=O) groups excluding carboxylic acids is 1. The van der Waals surface area contributed by atoms with Gasteiger partial charge in [-0.3, -0.25) is 4.79 Å². The van der Waals surface area contributed by atoms with E-state index >= 15 is 0 Å². The fraction of sp³-hybridized carbons (Fsp3) is 0.571. The fourth-order valence-corrected chi connectivity index (χ4v) is 3.09. The lowest BCUT2D eigenvalue weighted by atomic mass is 9.78.